The molecule has 1 aliphatic rings. The standard InChI is InChI=1S/C30H27N3O3/c1-20-8-7-9-23(16-20)19-36-27-14-12-25(13-15-27)32-21(2)17-24(22(32)3)18-28-29(34)31-33(30(28)35)26-10-5-4-6-11-26/h4-18H,19H2,1-3H3,(H,31,34). The van der Waals surface area contributed by atoms with Gasteiger partial charge in [-0.2, -0.15) is 0 Å². The lowest BCUT2D eigenvalue weighted by Gasteiger charge is -2.13. The molecule has 4 aromatic rings. The molecule has 0 bridgehead atoms. The number of amides is 2. The van der Waals surface area contributed by atoms with E-state index in [1.807, 2.05) is 68.4 Å². The Bertz CT molecular complexity index is 1470. The summed E-state index contributed by atoms with van der Waals surface area (Å²) in [6.45, 7) is 6.56. The van der Waals surface area contributed by atoms with Gasteiger partial charge in [-0.15, -0.1) is 0 Å². The summed E-state index contributed by atoms with van der Waals surface area (Å²) in [5.41, 5.74) is 9.45. The fraction of sp³-hybridized carbons (Fsp3) is 0.133. The summed E-state index contributed by atoms with van der Waals surface area (Å²) in [5, 5.41) is 1.28. The van der Waals surface area contributed by atoms with Gasteiger partial charge in [-0.1, -0.05) is 48.0 Å². The number of nitrogens with one attached hydrogen (secondary N) is 1. The Kier molecular flexibility index (Phi) is 6.17. The molecular weight excluding hydrogens is 450 g/mol. The quantitative estimate of drug-likeness (QED) is 0.297. The Morgan fingerprint density at radius 1 is 0.833 bits per heavy atom. The fourth-order valence-electron chi connectivity index (χ4n) is 4.46. The van der Waals surface area contributed by atoms with Gasteiger partial charge in [0.15, 0.2) is 0 Å². The summed E-state index contributed by atoms with van der Waals surface area (Å²) in [4.78, 5) is 25.6. The number of carbonyl (C=O) groups excluding carboxylic acids is 2. The van der Waals surface area contributed by atoms with Crippen molar-refractivity contribution in [2.75, 3.05) is 5.01 Å². The van der Waals surface area contributed by atoms with Crippen LogP contribution < -0.4 is 15.2 Å². The number of nitrogens with zero attached hydrogens (tertiary/aromatic N) is 2. The molecule has 0 unspecified atom stereocenters. The van der Waals surface area contributed by atoms with Crippen molar-refractivity contribution in [2.24, 2.45) is 0 Å². The highest BCUT2D eigenvalue weighted by atomic mass is 16.5. The molecule has 36 heavy (non-hydrogen) atoms. The number of para-hydroxylation sites is 1. The molecule has 3 aromatic carbocycles. The molecule has 2 amide bonds. The van der Waals surface area contributed by atoms with Crippen LogP contribution in [0.25, 0.3) is 11.8 Å². The number of aryl methyl sites for hydroxylation is 2. The lowest BCUT2D eigenvalue weighted by atomic mass is 10.1. The van der Waals surface area contributed by atoms with Gasteiger partial charge < -0.3 is 9.30 Å². The smallest absolute Gasteiger partial charge is 0.282 e. The minimum absolute atomic E-state index is 0.110. The van der Waals surface area contributed by atoms with Gasteiger partial charge in [0, 0.05) is 17.1 Å². The van der Waals surface area contributed by atoms with Crippen molar-refractivity contribution >= 4 is 23.6 Å². The molecule has 1 saturated heterocycles. The van der Waals surface area contributed by atoms with Crippen LogP contribution in [0.2, 0.25) is 0 Å². The predicted molar refractivity (Wildman–Crippen MR) is 141 cm³/mol. The van der Waals surface area contributed by atoms with E-state index in [1.165, 1.54) is 10.6 Å². The number of ether oxygens (including phenoxy) is 1. The van der Waals surface area contributed by atoms with Gasteiger partial charge in [0.2, 0.25) is 0 Å². The molecule has 1 fully saturated rings. The van der Waals surface area contributed by atoms with Crippen LogP contribution in [-0.4, -0.2) is 16.4 Å². The lowest BCUT2D eigenvalue weighted by Crippen LogP contribution is -2.35. The molecule has 1 aromatic heterocycles. The third-order valence-corrected chi connectivity index (χ3v) is 6.26. The Morgan fingerprint density at radius 2 is 1.58 bits per heavy atom. The first-order valence-electron chi connectivity index (χ1n) is 11.8. The van der Waals surface area contributed by atoms with Gasteiger partial charge in [-0.3, -0.25) is 15.0 Å². The SMILES string of the molecule is Cc1cccc(COc2ccc(-n3c(C)cc(C=C4C(=O)NN(c5ccccc5)C4=O)c3C)cc2)c1. The zero-order chi connectivity index (χ0) is 25.2. The monoisotopic (exact) mass is 477 g/mol. The maximum atomic E-state index is 13.0. The van der Waals surface area contributed by atoms with Crippen LogP contribution >= 0.6 is 0 Å². The van der Waals surface area contributed by atoms with E-state index in [-0.39, 0.29) is 11.5 Å². The average molecular weight is 478 g/mol. The normalized spacial score (nSPS) is 14.4. The van der Waals surface area contributed by atoms with Crippen LogP contribution in [0.15, 0.2) is 90.5 Å². The van der Waals surface area contributed by atoms with E-state index in [4.69, 9.17) is 4.74 Å². The Balaban J connectivity index is 1.36. The number of hydrogen-bond acceptors (Lipinski definition) is 3. The van der Waals surface area contributed by atoms with Gasteiger partial charge in [0.05, 0.1) is 5.69 Å². The summed E-state index contributed by atoms with van der Waals surface area (Å²) in [6, 6.07) is 27.2. The number of anilines is 1. The minimum Gasteiger partial charge on any atom is -0.489 e. The number of hydrazine groups is 1. The summed E-state index contributed by atoms with van der Waals surface area (Å²) in [6.07, 6.45) is 1.67. The Labute approximate surface area is 210 Å². The summed E-state index contributed by atoms with van der Waals surface area (Å²) in [5.74, 6) is 0.00849. The van der Waals surface area contributed by atoms with Crippen LogP contribution in [-0.2, 0) is 16.2 Å². The first-order valence-corrected chi connectivity index (χ1v) is 11.8. The lowest BCUT2D eigenvalue weighted by molar-refractivity contribution is -0.117. The summed E-state index contributed by atoms with van der Waals surface area (Å²) in [7, 11) is 0. The summed E-state index contributed by atoms with van der Waals surface area (Å²) < 4.78 is 8.06. The zero-order valence-corrected chi connectivity index (χ0v) is 20.5. The largest absolute Gasteiger partial charge is 0.489 e. The highest BCUT2D eigenvalue weighted by Gasteiger charge is 2.34. The van der Waals surface area contributed by atoms with Crippen molar-refractivity contribution in [1.82, 2.24) is 9.99 Å². The molecule has 180 valence electrons. The van der Waals surface area contributed by atoms with Gasteiger partial charge in [-0.25, -0.2) is 5.01 Å². The maximum Gasteiger partial charge on any atom is 0.282 e. The van der Waals surface area contributed by atoms with Gasteiger partial charge >= 0.3 is 0 Å². The first-order chi connectivity index (χ1) is 17.4. The molecule has 0 aliphatic carbocycles. The van der Waals surface area contributed by atoms with Crippen molar-refractivity contribution in [1.29, 1.82) is 0 Å². The molecule has 1 N–H and O–H groups in total. The maximum absolute atomic E-state index is 13.0. The number of carbonyl (C=O) groups is 2. The molecule has 2 heterocycles. The van der Waals surface area contributed by atoms with Crippen LogP contribution in [0.5, 0.6) is 5.75 Å². The van der Waals surface area contributed by atoms with Crippen molar-refractivity contribution in [3.8, 4) is 11.4 Å². The highest BCUT2D eigenvalue weighted by Crippen LogP contribution is 2.27. The van der Waals surface area contributed by atoms with Crippen LogP contribution in [0.3, 0.4) is 0 Å². The predicted octanol–water partition coefficient (Wildman–Crippen LogP) is 5.44. The van der Waals surface area contributed by atoms with Gasteiger partial charge in [-0.05, 0) is 80.4 Å². The number of rotatable bonds is 6. The second-order valence-corrected chi connectivity index (χ2v) is 8.91. The Morgan fingerprint density at radius 3 is 2.31 bits per heavy atom. The molecule has 6 nitrogen and oxygen atoms in total. The van der Waals surface area contributed by atoms with Crippen molar-refractivity contribution in [3.63, 3.8) is 0 Å². The van der Waals surface area contributed by atoms with Crippen molar-refractivity contribution in [3.05, 3.63) is 119 Å². The van der Waals surface area contributed by atoms with E-state index in [1.54, 1.807) is 18.2 Å². The molecule has 0 radical (unpaired) electrons. The second-order valence-electron chi connectivity index (χ2n) is 8.91. The van der Waals surface area contributed by atoms with E-state index < -0.39 is 5.91 Å². The average Bonchev–Trinajstić information content (AvgIpc) is 3.33. The van der Waals surface area contributed by atoms with Crippen molar-refractivity contribution in [2.45, 2.75) is 27.4 Å². The van der Waals surface area contributed by atoms with Crippen LogP contribution in [0.4, 0.5) is 5.69 Å². The second kappa shape index (κ2) is 9.58. The zero-order valence-electron chi connectivity index (χ0n) is 20.5. The molecule has 0 spiro atoms. The number of benzene rings is 3. The van der Waals surface area contributed by atoms with E-state index in [0.717, 1.165) is 34.0 Å². The van der Waals surface area contributed by atoms with Crippen LogP contribution in [0, 0.1) is 20.8 Å². The molecule has 1 aliphatic heterocycles. The third-order valence-electron chi connectivity index (χ3n) is 6.26. The Hall–Kier alpha value is -4.58. The molecule has 0 atom stereocenters. The fourth-order valence-corrected chi connectivity index (χ4v) is 4.46. The van der Waals surface area contributed by atoms with E-state index in [9.17, 15) is 9.59 Å². The van der Waals surface area contributed by atoms with E-state index >= 15 is 0 Å². The van der Waals surface area contributed by atoms with Gasteiger partial charge in [0.1, 0.15) is 17.9 Å². The van der Waals surface area contributed by atoms with Crippen LogP contribution in [0.1, 0.15) is 28.1 Å². The van der Waals surface area contributed by atoms with E-state index in [0.29, 0.717) is 12.3 Å². The van der Waals surface area contributed by atoms with E-state index in [2.05, 4.69) is 35.1 Å². The molecule has 5 rings (SSSR count). The highest BCUT2D eigenvalue weighted by molar-refractivity contribution is 6.31. The number of aromatic nitrogens is 1. The molecular formula is C30H27N3O3. The van der Waals surface area contributed by atoms with Gasteiger partial charge in [0.25, 0.3) is 11.8 Å². The third kappa shape index (κ3) is 4.53. The first kappa shape index (κ1) is 23.2. The molecule has 0 saturated carbocycles. The summed E-state index contributed by atoms with van der Waals surface area (Å²) >= 11 is 0. The minimum atomic E-state index is -0.413. The topological polar surface area (TPSA) is 63.6 Å². The molecule has 6 heteroatoms. The number of hydrogen-bond donors (Lipinski definition) is 1. The van der Waals surface area contributed by atoms with Crippen molar-refractivity contribution < 1.29 is 14.3 Å².